The number of likely N-dealkylation sites (tertiary alicyclic amines) is 1. The molecule has 0 aliphatic carbocycles. The van der Waals surface area contributed by atoms with E-state index >= 15 is 0 Å². The van der Waals surface area contributed by atoms with Gasteiger partial charge in [-0.3, -0.25) is 4.79 Å². The molecule has 0 N–H and O–H groups in total. The monoisotopic (exact) mass is 342 g/mol. The lowest BCUT2D eigenvalue weighted by atomic mass is 9.71. The number of rotatable bonds is 3. The van der Waals surface area contributed by atoms with Crippen molar-refractivity contribution in [1.82, 2.24) is 19.9 Å². The lowest BCUT2D eigenvalue weighted by Gasteiger charge is -2.42. The number of ether oxygens (including phenoxy) is 1. The number of amides is 1. The Morgan fingerprint density at radius 2 is 2.04 bits per heavy atom. The zero-order valence-corrected chi connectivity index (χ0v) is 14.4. The molecule has 2 aromatic heterocycles. The van der Waals surface area contributed by atoms with Crippen LogP contribution >= 0.6 is 0 Å². The lowest BCUT2D eigenvalue weighted by Crippen LogP contribution is -2.47. The van der Waals surface area contributed by atoms with Gasteiger partial charge in [-0.2, -0.15) is 0 Å². The summed E-state index contributed by atoms with van der Waals surface area (Å²) in [6, 6.07) is 0. The van der Waals surface area contributed by atoms with Crippen LogP contribution in [0.2, 0.25) is 0 Å². The Labute approximate surface area is 146 Å². The van der Waals surface area contributed by atoms with Crippen molar-refractivity contribution < 1.29 is 13.9 Å². The fourth-order valence-corrected chi connectivity index (χ4v) is 4.02. The van der Waals surface area contributed by atoms with Gasteiger partial charge in [0, 0.05) is 50.8 Å². The molecule has 2 saturated heterocycles. The number of nitrogens with zero attached hydrogens (tertiary/aromatic N) is 4. The summed E-state index contributed by atoms with van der Waals surface area (Å²) in [5.74, 6) is 0.477. The second-order valence-corrected chi connectivity index (χ2v) is 6.97. The van der Waals surface area contributed by atoms with Crippen molar-refractivity contribution in [2.75, 3.05) is 19.7 Å². The molecule has 0 aromatic carbocycles. The van der Waals surface area contributed by atoms with Crippen molar-refractivity contribution in [3.05, 3.63) is 42.1 Å². The summed E-state index contributed by atoms with van der Waals surface area (Å²) >= 11 is 0. The third kappa shape index (κ3) is 3.16. The van der Waals surface area contributed by atoms with Crippen LogP contribution in [-0.2, 0) is 11.2 Å². The van der Waals surface area contributed by atoms with E-state index in [-0.39, 0.29) is 17.4 Å². The van der Waals surface area contributed by atoms with Crippen LogP contribution in [0.15, 0.2) is 29.4 Å². The van der Waals surface area contributed by atoms with Gasteiger partial charge in [0.05, 0.1) is 6.10 Å². The molecular formula is C18H22N4O3. The summed E-state index contributed by atoms with van der Waals surface area (Å²) in [5.41, 5.74) is 1.64. The smallest absolute Gasteiger partial charge is 0.275 e. The molecular weight excluding hydrogens is 320 g/mol. The van der Waals surface area contributed by atoms with Gasteiger partial charge in [0.2, 0.25) is 0 Å². The molecule has 4 heterocycles. The maximum Gasteiger partial charge on any atom is 0.275 e. The van der Waals surface area contributed by atoms with E-state index in [1.54, 1.807) is 13.3 Å². The van der Waals surface area contributed by atoms with Gasteiger partial charge >= 0.3 is 0 Å². The maximum atomic E-state index is 12.5. The summed E-state index contributed by atoms with van der Waals surface area (Å²) < 4.78 is 11.2. The number of carbonyl (C=O) groups excluding carboxylic acids is 1. The quantitative estimate of drug-likeness (QED) is 0.849. The fourth-order valence-electron chi connectivity index (χ4n) is 4.02. The minimum absolute atomic E-state index is 0.0429. The number of aryl methyl sites for hydroxylation is 1. The zero-order chi connectivity index (χ0) is 17.3. The van der Waals surface area contributed by atoms with Gasteiger partial charge in [0.1, 0.15) is 12.6 Å². The summed E-state index contributed by atoms with van der Waals surface area (Å²) in [5, 5.41) is 0. The molecule has 1 atom stereocenters. The molecule has 1 spiro atoms. The Morgan fingerprint density at radius 1 is 1.28 bits per heavy atom. The summed E-state index contributed by atoms with van der Waals surface area (Å²) in [6.07, 6.45) is 10.7. The normalized spacial score (nSPS) is 22.4. The van der Waals surface area contributed by atoms with Gasteiger partial charge in [-0.15, -0.1) is 0 Å². The number of aromatic nitrogens is 3. The summed E-state index contributed by atoms with van der Waals surface area (Å²) in [6.45, 7) is 4.00. The van der Waals surface area contributed by atoms with Crippen LogP contribution in [0.4, 0.5) is 0 Å². The first kappa shape index (κ1) is 16.2. The minimum atomic E-state index is -0.0429. The SMILES string of the molecule is Cc1nc(C(=O)N2CCC3(CCOC3Cc3cncnc3)CC2)co1. The highest BCUT2D eigenvalue weighted by Crippen LogP contribution is 2.45. The summed E-state index contributed by atoms with van der Waals surface area (Å²) in [4.78, 5) is 26.8. The Balaban J connectivity index is 1.42. The highest BCUT2D eigenvalue weighted by Gasteiger charge is 2.46. The lowest BCUT2D eigenvalue weighted by molar-refractivity contribution is 0.00961. The predicted octanol–water partition coefficient (Wildman–Crippen LogP) is 2.03. The van der Waals surface area contributed by atoms with Crippen molar-refractivity contribution in [2.45, 2.75) is 38.7 Å². The van der Waals surface area contributed by atoms with Crippen molar-refractivity contribution in [3.63, 3.8) is 0 Å². The standard InChI is InChI=1S/C18H22N4O3/c1-13-21-15(11-25-13)17(23)22-5-2-18(3-6-22)4-7-24-16(18)8-14-9-19-12-20-10-14/h9-12,16H,2-8H2,1H3. The van der Waals surface area contributed by atoms with Gasteiger partial charge in [-0.25, -0.2) is 15.0 Å². The van der Waals surface area contributed by atoms with E-state index in [1.165, 1.54) is 6.26 Å². The second kappa shape index (κ2) is 6.55. The molecule has 0 bridgehead atoms. The van der Waals surface area contributed by atoms with Crippen LogP contribution in [0.1, 0.15) is 41.2 Å². The first-order chi connectivity index (χ1) is 12.2. The van der Waals surface area contributed by atoms with E-state index in [0.717, 1.165) is 50.9 Å². The first-order valence-corrected chi connectivity index (χ1v) is 8.73. The Hall–Kier alpha value is -2.28. The third-order valence-electron chi connectivity index (χ3n) is 5.52. The van der Waals surface area contributed by atoms with Gasteiger partial charge in [0.25, 0.3) is 5.91 Å². The van der Waals surface area contributed by atoms with Gasteiger partial charge in [-0.1, -0.05) is 0 Å². The number of hydrogen-bond acceptors (Lipinski definition) is 6. The van der Waals surface area contributed by atoms with Gasteiger partial charge in [-0.05, 0) is 24.8 Å². The average Bonchev–Trinajstić information content (AvgIpc) is 3.23. The van der Waals surface area contributed by atoms with E-state index in [0.29, 0.717) is 11.6 Å². The van der Waals surface area contributed by atoms with E-state index in [2.05, 4.69) is 15.0 Å². The molecule has 7 nitrogen and oxygen atoms in total. The van der Waals surface area contributed by atoms with E-state index < -0.39 is 0 Å². The summed E-state index contributed by atoms with van der Waals surface area (Å²) in [7, 11) is 0. The fraction of sp³-hybridized carbons (Fsp3) is 0.556. The van der Waals surface area contributed by atoms with Crippen LogP contribution < -0.4 is 0 Å². The molecule has 4 rings (SSSR count). The second-order valence-electron chi connectivity index (χ2n) is 6.97. The van der Waals surface area contributed by atoms with Gasteiger partial charge in [0.15, 0.2) is 11.6 Å². The van der Waals surface area contributed by atoms with Crippen molar-refractivity contribution >= 4 is 5.91 Å². The molecule has 1 amide bonds. The Morgan fingerprint density at radius 3 is 2.72 bits per heavy atom. The minimum Gasteiger partial charge on any atom is -0.448 e. The number of piperidine rings is 1. The van der Waals surface area contributed by atoms with Crippen LogP contribution in [0.25, 0.3) is 0 Å². The molecule has 2 aliphatic rings. The van der Waals surface area contributed by atoms with E-state index in [9.17, 15) is 4.79 Å². The maximum absolute atomic E-state index is 12.5. The molecule has 0 saturated carbocycles. The molecule has 2 aliphatic heterocycles. The molecule has 7 heteroatoms. The molecule has 132 valence electrons. The van der Waals surface area contributed by atoms with Crippen molar-refractivity contribution in [1.29, 1.82) is 0 Å². The highest BCUT2D eigenvalue weighted by molar-refractivity contribution is 5.92. The van der Waals surface area contributed by atoms with E-state index in [1.807, 2.05) is 17.3 Å². The first-order valence-electron chi connectivity index (χ1n) is 8.73. The number of oxazole rings is 1. The van der Waals surface area contributed by atoms with Crippen molar-refractivity contribution in [2.24, 2.45) is 5.41 Å². The van der Waals surface area contributed by atoms with Gasteiger partial charge < -0.3 is 14.1 Å². The van der Waals surface area contributed by atoms with Crippen LogP contribution in [-0.4, -0.2) is 51.6 Å². The zero-order valence-electron chi connectivity index (χ0n) is 14.4. The molecule has 1 unspecified atom stereocenters. The van der Waals surface area contributed by atoms with Crippen LogP contribution in [0.5, 0.6) is 0 Å². The molecule has 2 fully saturated rings. The average molecular weight is 342 g/mol. The molecule has 0 radical (unpaired) electrons. The third-order valence-corrected chi connectivity index (χ3v) is 5.52. The Bertz CT molecular complexity index is 738. The van der Waals surface area contributed by atoms with Crippen LogP contribution in [0, 0.1) is 12.3 Å². The molecule has 25 heavy (non-hydrogen) atoms. The largest absolute Gasteiger partial charge is 0.448 e. The van der Waals surface area contributed by atoms with Crippen LogP contribution in [0.3, 0.4) is 0 Å². The van der Waals surface area contributed by atoms with Crippen molar-refractivity contribution in [3.8, 4) is 0 Å². The number of carbonyl (C=O) groups is 1. The number of hydrogen-bond donors (Lipinski definition) is 0. The highest BCUT2D eigenvalue weighted by atomic mass is 16.5. The predicted molar refractivity (Wildman–Crippen MR) is 88.9 cm³/mol. The molecule has 2 aromatic rings. The Kier molecular flexibility index (Phi) is 4.25. The topological polar surface area (TPSA) is 81.4 Å². The van der Waals surface area contributed by atoms with E-state index in [4.69, 9.17) is 9.15 Å².